The molecule has 3 rings (SSSR count). The third kappa shape index (κ3) is 3.38. The highest BCUT2D eigenvalue weighted by molar-refractivity contribution is 6.04. The van der Waals surface area contributed by atoms with E-state index in [4.69, 9.17) is 0 Å². The van der Waals surface area contributed by atoms with Crippen LogP contribution in [0.15, 0.2) is 6.08 Å². The lowest BCUT2D eigenvalue weighted by atomic mass is 9.88. The van der Waals surface area contributed by atoms with E-state index in [0.717, 1.165) is 11.8 Å². The SMILES string of the molecule is Cc1c2c(c3c(c1C(F)(F)F)NC(=O)C3)C=CC(CC(F)(F)F)N2C(C)O. The van der Waals surface area contributed by atoms with E-state index in [-0.39, 0.29) is 34.5 Å². The minimum Gasteiger partial charge on any atom is -0.374 e. The Bertz CT molecular complexity index is 826. The van der Waals surface area contributed by atoms with Gasteiger partial charge in [0.15, 0.2) is 0 Å². The Morgan fingerprint density at radius 1 is 1.30 bits per heavy atom. The fourth-order valence-electron chi connectivity index (χ4n) is 3.80. The predicted octanol–water partition coefficient (Wildman–Crippen LogP) is 4.00. The monoisotopic (exact) mass is 394 g/mol. The minimum atomic E-state index is -4.83. The van der Waals surface area contributed by atoms with Crippen molar-refractivity contribution in [1.82, 2.24) is 0 Å². The van der Waals surface area contributed by atoms with Gasteiger partial charge in [-0.2, -0.15) is 26.3 Å². The maximum Gasteiger partial charge on any atom is 0.418 e. The first-order chi connectivity index (χ1) is 12.3. The molecule has 10 heteroatoms. The van der Waals surface area contributed by atoms with Crippen LogP contribution in [0.2, 0.25) is 0 Å². The van der Waals surface area contributed by atoms with Crippen molar-refractivity contribution in [3.8, 4) is 0 Å². The molecule has 1 aromatic carbocycles. The second kappa shape index (κ2) is 6.15. The lowest BCUT2D eigenvalue weighted by Crippen LogP contribution is -2.45. The second-order valence-electron chi connectivity index (χ2n) is 6.62. The van der Waals surface area contributed by atoms with Gasteiger partial charge in [0.25, 0.3) is 0 Å². The summed E-state index contributed by atoms with van der Waals surface area (Å²) in [5.74, 6) is -0.627. The van der Waals surface area contributed by atoms with Crippen LogP contribution in [-0.2, 0) is 17.4 Å². The molecule has 2 aliphatic heterocycles. The quantitative estimate of drug-likeness (QED) is 0.746. The third-order valence-corrected chi connectivity index (χ3v) is 4.69. The van der Waals surface area contributed by atoms with Gasteiger partial charge in [-0.05, 0) is 25.0 Å². The molecule has 0 fully saturated rings. The predicted molar refractivity (Wildman–Crippen MR) is 86.2 cm³/mol. The molecule has 0 radical (unpaired) electrons. The average molecular weight is 394 g/mol. The summed E-state index contributed by atoms with van der Waals surface area (Å²) in [6.45, 7) is 2.32. The van der Waals surface area contributed by atoms with Crippen molar-refractivity contribution in [3.05, 3.63) is 28.3 Å². The molecule has 0 aromatic heterocycles. The Hall–Kier alpha value is -2.23. The molecule has 2 unspecified atom stereocenters. The second-order valence-corrected chi connectivity index (χ2v) is 6.62. The van der Waals surface area contributed by atoms with E-state index in [0.29, 0.717) is 0 Å². The molecule has 148 valence electrons. The van der Waals surface area contributed by atoms with E-state index in [1.54, 1.807) is 0 Å². The maximum absolute atomic E-state index is 13.7. The number of aliphatic hydroxyl groups excluding tert-OH is 1. The highest BCUT2D eigenvalue weighted by Crippen LogP contribution is 2.50. The van der Waals surface area contributed by atoms with Crippen LogP contribution >= 0.6 is 0 Å². The zero-order valence-electron chi connectivity index (χ0n) is 14.3. The molecule has 0 aliphatic carbocycles. The normalized spacial score (nSPS) is 20.4. The average Bonchev–Trinajstić information content (AvgIpc) is 2.84. The van der Waals surface area contributed by atoms with Gasteiger partial charge in [-0.15, -0.1) is 0 Å². The lowest BCUT2D eigenvalue weighted by Gasteiger charge is -2.40. The number of alkyl halides is 6. The van der Waals surface area contributed by atoms with E-state index >= 15 is 0 Å². The highest BCUT2D eigenvalue weighted by atomic mass is 19.4. The summed E-state index contributed by atoms with van der Waals surface area (Å²) in [4.78, 5) is 12.7. The zero-order valence-corrected chi connectivity index (χ0v) is 14.3. The van der Waals surface area contributed by atoms with E-state index in [9.17, 15) is 36.2 Å². The fraction of sp³-hybridized carbons (Fsp3) is 0.471. The number of fused-ring (bicyclic) bond motifs is 3. The molecule has 1 aromatic rings. The minimum absolute atomic E-state index is 0.0697. The summed E-state index contributed by atoms with van der Waals surface area (Å²) in [6, 6.07) is -1.36. The van der Waals surface area contributed by atoms with Gasteiger partial charge in [0.1, 0.15) is 6.23 Å². The zero-order chi connectivity index (χ0) is 20.3. The summed E-state index contributed by atoms with van der Waals surface area (Å²) >= 11 is 0. The Labute approximate surface area is 150 Å². The number of nitrogens with zero attached hydrogens (tertiary/aromatic N) is 1. The largest absolute Gasteiger partial charge is 0.418 e. The van der Waals surface area contributed by atoms with Gasteiger partial charge in [0.05, 0.1) is 35.8 Å². The van der Waals surface area contributed by atoms with Crippen molar-refractivity contribution in [1.29, 1.82) is 0 Å². The molecule has 4 nitrogen and oxygen atoms in total. The molecule has 2 N–H and O–H groups in total. The number of halogens is 6. The molecule has 0 bridgehead atoms. The lowest BCUT2D eigenvalue weighted by molar-refractivity contribution is -0.138. The van der Waals surface area contributed by atoms with Crippen molar-refractivity contribution in [2.24, 2.45) is 0 Å². The number of hydrogen-bond donors (Lipinski definition) is 2. The maximum atomic E-state index is 13.7. The molecule has 0 saturated heterocycles. The number of aliphatic hydroxyl groups is 1. The Morgan fingerprint density at radius 3 is 2.44 bits per heavy atom. The number of carbonyl (C=O) groups is 1. The van der Waals surface area contributed by atoms with E-state index in [1.807, 2.05) is 0 Å². The topological polar surface area (TPSA) is 52.6 Å². The van der Waals surface area contributed by atoms with Crippen molar-refractivity contribution >= 4 is 23.4 Å². The van der Waals surface area contributed by atoms with Gasteiger partial charge in [-0.3, -0.25) is 4.79 Å². The van der Waals surface area contributed by atoms with E-state index < -0.39 is 42.5 Å². The molecule has 27 heavy (non-hydrogen) atoms. The summed E-state index contributed by atoms with van der Waals surface area (Å²) in [5.41, 5.74) is -1.66. The molecule has 2 aliphatic rings. The Balaban J connectivity index is 2.28. The molecule has 0 spiro atoms. The third-order valence-electron chi connectivity index (χ3n) is 4.69. The van der Waals surface area contributed by atoms with Crippen molar-refractivity contribution < 1.29 is 36.2 Å². The van der Waals surface area contributed by atoms with Crippen LogP contribution in [0, 0.1) is 6.92 Å². The van der Waals surface area contributed by atoms with Gasteiger partial charge in [0.2, 0.25) is 5.91 Å². The van der Waals surface area contributed by atoms with Gasteiger partial charge >= 0.3 is 12.4 Å². The van der Waals surface area contributed by atoms with Gasteiger partial charge in [0, 0.05) is 5.56 Å². The van der Waals surface area contributed by atoms with Crippen LogP contribution in [0.25, 0.3) is 6.08 Å². The summed E-state index contributed by atoms with van der Waals surface area (Å²) < 4.78 is 79.7. The molecule has 0 saturated carbocycles. The Kier molecular flexibility index (Phi) is 4.45. The summed E-state index contributed by atoms with van der Waals surface area (Å²) in [5, 5.41) is 12.3. The Morgan fingerprint density at radius 2 is 1.93 bits per heavy atom. The standard InChI is InChI=1S/C17H16F6N2O2/c1-7-13(17(21,22)23)14-11(5-12(27)24-14)10-4-3-9(6-16(18,19)20)25(8(2)26)15(7)10/h3-4,8-9,26H,5-6H2,1-2H3,(H,24,27). The van der Waals surface area contributed by atoms with Crippen molar-refractivity contribution in [3.63, 3.8) is 0 Å². The first-order valence-corrected chi connectivity index (χ1v) is 8.09. The van der Waals surface area contributed by atoms with Crippen LogP contribution in [-0.4, -0.2) is 29.5 Å². The van der Waals surface area contributed by atoms with Crippen LogP contribution in [0.5, 0.6) is 0 Å². The molecule has 1 amide bonds. The molecular weight excluding hydrogens is 378 g/mol. The van der Waals surface area contributed by atoms with E-state index in [1.165, 1.54) is 19.1 Å². The van der Waals surface area contributed by atoms with Crippen LogP contribution in [0.1, 0.15) is 35.6 Å². The van der Waals surface area contributed by atoms with Crippen molar-refractivity contribution in [2.75, 3.05) is 10.2 Å². The number of nitrogens with one attached hydrogen (secondary N) is 1. The summed E-state index contributed by atoms with van der Waals surface area (Å²) in [6.07, 6.45) is -10.0. The molecular formula is C17H16F6N2O2. The van der Waals surface area contributed by atoms with Gasteiger partial charge < -0.3 is 15.3 Å². The fourth-order valence-corrected chi connectivity index (χ4v) is 3.80. The highest BCUT2D eigenvalue weighted by Gasteiger charge is 2.44. The molecule has 2 atom stereocenters. The summed E-state index contributed by atoms with van der Waals surface area (Å²) in [7, 11) is 0. The van der Waals surface area contributed by atoms with Crippen molar-refractivity contribution in [2.45, 2.75) is 51.3 Å². The van der Waals surface area contributed by atoms with Gasteiger partial charge in [-0.25, -0.2) is 0 Å². The number of benzene rings is 1. The first kappa shape index (κ1) is 19.5. The number of rotatable bonds is 2. The first-order valence-electron chi connectivity index (χ1n) is 8.09. The van der Waals surface area contributed by atoms with Crippen LogP contribution in [0.4, 0.5) is 37.7 Å². The van der Waals surface area contributed by atoms with Gasteiger partial charge in [-0.1, -0.05) is 12.2 Å². The number of hydrogen-bond acceptors (Lipinski definition) is 3. The number of carbonyl (C=O) groups excluding carboxylic acids is 1. The van der Waals surface area contributed by atoms with Crippen LogP contribution < -0.4 is 10.2 Å². The van der Waals surface area contributed by atoms with Crippen LogP contribution in [0.3, 0.4) is 0 Å². The smallest absolute Gasteiger partial charge is 0.374 e. The molecule has 2 heterocycles. The number of amides is 1. The van der Waals surface area contributed by atoms with E-state index in [2.05, 4.69) is 5.32 Å². The number of anilines is 2.